The molecule has 0 bridgehead atoms. The number of benzene rings is 1. The second kappa shape index (κ2) is 11.1. The zero-order valence-corrected chi connectivity index (χ0v) is 16.9. The van der Waals surface area contributed by atoms with E-state index in [1.165, 1.54) is 0 Å². The van der Waals surface area contributed by atoms with Crippen molar-refractivity contribution in [3.63, 3.8) is 0 Å². The van der Waals surface area contributed by atoms with Gasteiger partial charge in [0.25, 0.3) is 0 Å². The van der Waals surface area contributed by atoms with E-state index in [9.17, 15) is 9.90 Å². The molecule has 0 radical (unpaired) electrons. The van der Waals surface area contributed by atoms with Crippen LogP contribution in [0.4, 0.5) is 10.5 Å². The van der Waals surface area contributed by atoms with Crippen LogP contribution in [0.25, 0.3) is 0 Å². The van der Waals surface area contributed by atoms with Gasteiger partial charge in [0, 0.05) is 23.8 Å². The summed E-state index contributed by atoms with van der Waals surface area (Å²) in [5, 5.41) is 17.3. The van der Waals surface area contributed by atoms with Crippen molar-refractivity contribution in [2.45, 2.75) is 58.6 Å². The second-order valence-corrected chi connectivity index (χ2v) is 7.22. The second-order valence-electron chi connectivity index (χ2n) is 6.09. The third kappa shape index (κ3) is 8.36. The Kier molecular flexibility index (Phi) is 10.4. The number of thioether (sulfide) groups is 1. The lowest BCUT2D eigenvalue weighted by molar-refractivity contribution is 0.0247. The Morgan fingerprint density at radius 1 is 1.36 bits per heavy atom. The fourth-order valence-corrected chi connectivity index (χ4v) is 2.97. The predicted molar refractivity (Wildman–Crippen MR) is 104 cm³/mol. The van der Waals surface area contributed by atoms with Crippen molar-refractivity contribution >= 4 is 23.5 Å². The molecule has 0 saturated carbocycles. The van der Waals surface area contributed by atoms with Crippen molar-refractivity contribution in [2.24, 2.45) is 0 Å². The number of aliphatic hydroxyl groups excluding tert-OH is 1. The summed E-state index contributed by atoms with van der Waals surface area (Å²) in [6.45, 7) is 12.5. The number of nitrogens with two attached hydrogens (primary N) is 1. The van der Waals surface area contributed by atoms with Crippen LogP contribution in [0.15, 0.2) is 17.0 Å². The molecular formula is C18H32N2O4S. The van der Waals surface area contributed by atoms with Crippen molar-refractivity contribution in [3.8, 4) is 5.75 Å². The molecular weight excluding hydrogens is 340 g/mol. The molecule has 0 atom stereocenters. The Balaban J connectivity index is 0.00000104. The maximum absolute atomic E-state index is 12.1. The van der Waals surface area contributed by atoms with E-state index in [2.05, 4.69) is 0 Å². The topological polar surface area (TPSA) is 96.0 Å². The van der Waals surface area contributed by atoms with Crippen LogP contribution in [0.1, 0.15) is 47.1 Å². The third-order valence-electron chi connectivity index (χ3n) is 2.84. The molecule has 0 aliphatic carbocycles. The molecule has 7 heteroatoms. The number of carbonyl (C=O) groups is 1. The molecule has 0 saturated heterocycles. The van der Waals surface area contributed by atoms with E-state index in [0.29, 0.717) is 18.8 Å². The molecule has 1 aliphatic heterocycles. The van der Waals surface area contributed by atoms with Crippen LogP contribution in [-0.4, -0.2) is 45.7 Å². The van der Waals surface area contributed by atoms with Gasteiger partial charge in [-0.1, -0.05) is 13.8 Å². The number of phenolic OH excluding ortho intramolecular Hbond substituents is 1. The first-order chi connectivity index (χ1) is 11.7. The number of nitrogens with zero attached hydrogens (tertiary/aromatic N) is 1. The molecule has 1 heterocycles. The number of aromatic hydroxyl groups is 1. The number of aliphatic hydroxyl groups is 1. The number of anilines is 1. The maximum Gasteiger partial charge on any atom is 0.410 e. The number of phenols is 1. The van der Waals surface area contributed by atoms with Crippen LogP contribution in [0.3, 0.4) is 0 Å². The van der Waals surface area contributed by atoms with Crippen molar-refractivity contribution in [1.82, 2.24) is 4.90 Å². The Hall–Kier alpha value is -1.60. The zero-order valence-electron chi connectivity index (χ0n) is 16.1. The smallest absolute Gasteiger partial charge is 0.410 e. The third-order valence-corrected chi connectivity index (χ3v) is 3.92. The molecule has 25 heavy (non-hydrogen) atoms. The van der Waals surface area contributed by atoms with Crippen LogP contribution in [0.5, 0.6) is 5.75 Å². The molecule has 0 unspecified atom stereocenters. The van der Waals surface area contributed by atoms with Gasteiger partial charge in [0.05, 0.1) is 12.2 Å². The van der Waals surface area contributed by atoms with Crippen LogP contribution >= 0.6 is 11.8 Å². The Morgan fingerprint density at radius 3 is 2.44 bits per heavy atom. The lowest BCUT2D eigenvalue weighted by Crippen LogP contribution is -2.37. The molecule has 0 fully saturated rings. The number of amides is 1. The lowest BCUT2D eigenvalue weighted by atomic mass is 10.1. The summed E-state index contributed by atoms with van der Waals surface area (Å²) in [7, 11) is 0. The fourth-order valence-electron chi connectivity index (χ4n) is 1.92. The molecule has 1 amide bonds. The highest BCUT2D eigenvalue weighted by molar-refractivity contribution is 7.99. The van der Waals surface area contributed by atoms with E-state index in [1.54, 1.807) is 35.7 Å². The van der Waals surface area contributed by atoms with Crippen molar-refractivity contribution in [2.75, 3.05) is 24.6 Å². The quantitative estimate of drug-likeness (QED) is 0.473. The van der Waals surface area contributed by atoms with Gasteiger partial charge in [0.15, 0.2) is 0 Å². The van der Waals surface area contributed by atoms with Crippen molar-refractivity contribution in [3.05, 3.63) is 17.7 Å². The Bertz CT molecular complexity index is 545. The van der Waals surface area contributed by atoms with Crippen molar-refractivity contribution < 1.29 is 19.7 Å². The minimum Gasteiger partial charge on any atom is -0.506 e. The molecule has 1 aromatic rings. The van der Waals surface area contributed by atoms with Gasteiger partial charge >= 0.3 is 6.09 Å². The monoisotopic (exact) mass is 372 g/mol. The van der Waals surface area contributed by atoms with E-state index < -0.39 is 5.60 Å². The standard InChI is InChI=1S/C14H20N2O3S.C2H6O.C2H6/c1-14(2,3)19-13(18)16-4-5-20-12-7-10(15)11(17)6-9(12)8-16;1-2-3;1-2/h6-7,17H,4-5,8,15H2,1-3H3;3H,2H2,1H3;1-2H3. The summed E-state index contributed by atoms with van der Waals surface area (Å²) in [5.41, 5.74) is 6.45. The maximum atomic E-state index is 12.1. The summed E-state index contributed by atoms with van der Waals surface area (Å²) in [5.74, 6) is 0.826. The van der Waals surface area contributed by atoms with Crippen LogP contribution in [0, 0.1) is 0 Å². The number of fused-ring (bicyclic) bond motifs is 1. The first-order valence-corrected chi connectivity index (χ1v) is 9.49. The summed E-state index contributed by atoms with van der Waals surface area (Å²) in [4.78, 5) is 14.8. The molecule has 144 valence electrons. The van der Waals surface area contributed by atoms with Gasteiger partial charge in [-0.15, -0.1) is 11.8 Å². The zero-order chi connectivity index (χ0) is 19.6. The highest BCUT2D eigenvalue weighted by Gasteiger charge is 2.25. The average molecular weight is 373 g/mol. The van der Waals surface area contributed by atoms with E-state index in [0.717, 1.165) is 16.2 Å². The minimum absolute atomic E-state index is 0.0513. The molecule has 0 aromatic heterocycles. The van der Waals surface area contributed by atoms with Gasteiger partial charge in [-0.25, -0.2) is 4.79 Å². The van der Waals surface area contributed by atoms with Gasteiger partial charge in [-0.05, 0) is 45.4 Å². The first-order valence-electron chi connectivity index (χ1n) is 8.51. The van der Waals surface area contributed by atoms with E-state index in [4.69, 9.17) is 15.6 Å². The average Bonchev–Trinajstić information content (AvgIpc) is 2.71. The Labute approximate surface area is 155 Å². The number of ether oxygens (including phenoxy) is 1. The molecule has 1 aromatic carbocycles. The van der Waals surface area contributed by atoms with Crippen LogP contribution in [0.2, 0.25) is 0 Å². The van der Waals surface area contributed by atoms with E-state index >= 15 is 0 Å². The number of hydrogen-bond donors (Lipinski definition) is 3. The SMILES string of the molecule is CC.CC(C)(C)OC(=O)N1CCSc2cc(N)c(O)cc2C1.CCO. The largest absolute Gasteiger partial charge is 0.506 e. The van der Waals surface area contributed by atoms with Crippen LogP contribution < -0.4 is 5.73 Å². The van der Waals surface area contributed by atoms with Crippen LogP contribution in [-0.2, 0) is 11.3 Å². The molecule has 4 N–H and O–H groups in total. The number of hydrogen-bond acceptors (Lipinski definition) is 6. The fraction of sp³-hybridized carbons (Fsp3) is 0.611. The predicted octanol–water partition coefficient (Wildman–Crippen LogP) is 3.84. The van der Waals surface area contributed by atoms with Crippen molar-refractivity contribution in [1.29, 1.82) is 0 Å². The molecule has 6 nitrogen and oxygen atoms in total. The van der Waals surface area contributed by atoms with Gasteiger partial charge < -0.3 is 25.6 Å². The highest BCUT2D eigenvalue weighted by Crippen LogP contribution is 2.34. The molecule has 1 aliphatic rings. The van der Waals surface area contributed by atoms with Gasteiger partial charge in [0.2, 0.25) is 0 Å². The normalized spacial score (nSPS) is 13.3. The van der Waals surface area contributed by atoms with Gasteiger partial charge in [-0.2, -0.15) is 0 Å². The summed E-state index contributed by atoms with van der Waals surface area (Å²) < 4.78 is 5.39. The number of nitrogen functional groups attached to an aromatic ring is 1. The van der Waals surface area contributed by atoms with Gasteiger partial charge in [-0.3, -0.25) is 0 Å². The number of carbonyl (C=O) groups excluding carboxylic acids is 1. The van der Waals surface area contributed by atoms with E-state index in [1.807, 2.05) is 34.6 Å². The lowest BCUT2D eigenvalue weighted by Gasteiger charge is -2.26. The highest BCUT2D eigenvalue weighted by atomic mass is 32.2. The summed E-state index contributed by atoms with van der Waals surface area (Å²) in [6.07, 6.45) is -0.331. The first kappa shape index (κ1) is 23.4. The summed E-state index contributed by atoms with van der Waals surface area (Å²) in [6, 6.07) is 3.38. The molecule has 2 rings (SSSR count). The Morgan fingerprint density at radius 2 is 1.92 bits per heavy atom. The number of rotatable bonds is 0. The van der Waals surface area contributed by atoms with Gasteiger partial charge in [0.1, 0.15) is 11.4 Å². The van der Waals surface area contributed by atoms with E-state index in [-0.39, 0.29) is 18.4 Å². The minimum atomic E-state index is -0.511. The molecule has 0 spiro atoms. The summed E-state index contributed by atoms with van der Waals surface area (Å²) >= 11 is 1.63.